The van der Waals surface area contributed by atoms with Crippen molar-refractivity contribution >= 4 is 14.2 Å². The van der Waals surface area contributed by atoms with E-state index < -0.39 is 14.2 Å². The van der Waals surface area contributed by atoms with Crippen LogP contribution in [0, 0.1) is 0 Å². The molecule has 6 aromatic rings. The van der Waals surface area contributed by atoms with Gasteiger partial charge in [-0.05, 0) is 45.3 Å². The van der Waals surface area contributed by atoms with Gasteiger partial charge >= 0.3 is 14.2 Å². The zero-order valence-corrected chi connectivity index (χ0v) is 26.6. The SMILES string of the molecule is c1ccc(-c2ccc([C@@H](CB3O[C@H](c4ccccc4)[C@@H](c4ccccc4)O3)B3O[C@H](c4ccccc4)[C@@H](c4ccccc4)O3)cc2)cc1. The Labute approximate surface area is 283 Å². The van der Waals surface area contributed by atoms with Crippen molar-refractivity contribution in [2.75, 3.05) is 0 Å². The molecule has 0 N–H and O–H groups in total. The topological polar surface area (TPSA) is 36.9 Å². The Hall–Kier alpha value is -4.71. The van der Waals surface area contributed by atoms with Crippen LogP contribution < -0.4 is 0 Å². The summed E-state index contributed by atoms with van der Waals surface area (Å²) in [6, 6.07) is 60.7. The maximum Gasteiger partial charge on any atom is 0.465 e. The first-order valence-electron chi connectivity index (χ1n) is 16.8. The second kappa shape index (κ2) is 14.2. The summed E-state index contributed by atoms with van der Waals surface area (Å²) in [7, 11) is -1.00. The molecular formula is C42H36B2O4. The molecule has 0 bridgehead atoms. The van der Waals surface area contributed by atoms with Crippen molar-refractivity contribution in [1.82, 2.24) is 0 Å². The highest BCUT2D eigenvalue weighted by atomic mass is 16.7. The van der Waals surface area contributed by atoms with Crippen LogP contribution in [0.3, 0.4) is 0 Å². The largest absolute Gasteiger partial charge is 0.465 e. The minimum atomic E-state index is -0.527. The van der Waals surface area contributed by atoms with E-state index >= 15 is 0 Å². The fraction of sp³-hybridized carbons (Fsp3) is 0.143. The smallest absolute Gasteiger partial charge is 0.401 e. The van der Waals surface area contributed by atoms with Gasteiger partial charge in [0.25, 0.3) is 0 Å². The van der Waals surface area contributed by atoms with E-state index in [0.29, 0.717) is 6.32 Å². The molecule has 0 aromatic heterocycles. The van der Waals surface area contributed by atoms with Crippen molar-refractivity contribution in [2.45, 2.75) is 36.6 Å². The lowest BCUT2D eigenvalue weighted by atomic mass is 9.58. The Bertz CT molecular complexity index is 1780. The van der Waals surface area contributed by atoms with Crippen molar-refractivity contribution < 1.29 is 18.6 Å². The van der Waals surface area contributed by atoms with Gasteiger partial charge in [-0.1, -0.05) is 176 Å². The van der Waals surface area contributed by atoms with Crippen LogP contribution in [0.2, 0.25) is 6.32 Å². The van der Waals surface area contributed by atoms with Gasteiger partial charge < -0.3 is 18.6 Å². The summed E-state index contributed by atoms with van der Waals surface area (Å²) in [5.41, 5.74) is 7.84. The molecule has 8 rings (SSSR count). The molecule has 5 atom stereocenters. The van der Waals surface area contributed by atoms with Crippen LogP contribution in [0.4, 0.5) is 0 Å². The Morgan fingerprint density at radius 3 is 1.10 bits per heavy atom. The molecule has 0 saturated carbocycles. The molecular weight excluding hydrogens is 590 g/mol. The fourth-order valence-electron chi connectivity index (χ4n) is 7.02. The molecule has 4 nitrogen and oxygen atoms in total. The zero-order valence-electron chi connectivity index (χ0n) is 26.6. The summed E-state index contributed by atoms with van der Waals surface area (Å²) >= 11 is 0. The fourth-order valence-corrected chi connectivity index (χ4v) is 7.02. The van der Waals surface area contributed by atoms with Crippen molar-refractivity contribution in [3.05, 3.63) is 204 Å². The molecule has 0 spiro atoms. The highest BCUT2D eigenvalue weighted by Gasteiger charge is 2.50. The summed E-state index contributed by atoms with van der Waals surface area (Å²) in [6.45, 7) is 0. The number of rotatable bonds is 9. The summed E-state index contributed by atoms with van der Waals surface area (Å²) in [5.74, 6) is -0.161. The quantitative estimate of drug-likeness (QED) is 0.150. The highest BCUT2D eigenvalue weighted by molar-refractivity contribution is 6.53. The van der Waals surface area contributed by atoms with Crippen LogP contribution >= 0.6 is 0 Å². The van der Waals surface area contributed by atoms with Crippen LogP contribution in [0.15, 0.2) is 176 Å². The van der Waals surface area contributed by atoms with Crippen LogP contribution in [-0.4, -0.2) is 14.2 Å². The number of hydrogen-bond donors (Lipinski definition) is 0. The Kier molecular flexibility index (Phi) is 9.05. The van der Waals surface area contributed by atoms with E-state index in [1.807, 2.05) is 30.3 Å². The molecule has 6 heteroatoms. The minimum absolute atomic E-state index is 0.161. The van der Waals surface area contributed by atoms with Crippen molar-refractivity contribution in [1.29, 1.82) is 0 Å². The Morgan fingerprint density at radius 2 is 0.708 bits per heavy atom. The maximum absolute atomic E-state index is 6.95. The summed E-state index contributed by atoms with van der Waals surface area (Å²) in [4.78, 5) is 0. The molecule has 2 fully saturated rings. The molecule has 0 amide bonds. The first kappa shape index (κ1) is 30.6. The average molecular weight is 626 g/mol. The molecule has 0 aliphatic carbocycles. The monoisotopic (exact) mass is 626 g/mol. The third-order valence-electron chi connectivity index (χ3n) is 9.44. The molecule has 6 aromatic carbocycles. The minimum Gasteiger partial charge on any atom is -0.401 e. The van der Waals surface area contributed by atoms with E-state index in [-0.39, 0.29) is 30.2 Å². The van der Waals surface area contributed by atoms with Gasteiger partial charge in [0.2, 0.25) is 0 Å². The second-order valence-corrected chi connectivity index (χ2v) is 12.5. The van der Waals surface area contributed by atoms with Gasteiger partial charge in [0, 0.05) is 5.82 Å². The van der Waals surface area contributed by atoms with Gasteiger partial charge in [-0.3, -0.25) is 0 Å². The highest BCUT2D eigenvalue weighted by Crippen LogP contribution is 2.48. The van der Waals surface area contributed by atoms with E-state index in [9.17, 15) is 0 Å². The molecule has 2 heterocycles. The van der Waals surface area contributed by atoms with Crippen molar-refractivity contribution in [2.24, 2.45) is 0 Å². The van der Waals surface area contributed by atoms with E-state index in [4.69, 9.17) is 18.6 Å². The normalized spacial score (nSPS) is 21.3. The summed E-state index contributed by atoms with van der Waals surface area (Å²) in [5, 5.41) is 0. The molecule has 234 valence electrons. The Balaban J connectivity index is 1.14. The van der Waals surface area contributed by atoms with Crippen LogP contribution in [0.25, 0.3) is 11.1 Å². The molecule has 2 aliphatic rings. The van der Waals surface area contributed by atoms with Gasteiger partial charge in [-0.25, -0.2) is 0 Å². The van der Waals surface area contributed by atoms with Gasteiger partial charge in [-0.15, -0.1) is 0 Å². The van der Waals surface area contributed by atoms with Crippen molar-refractivity contribution in [3.63, 3.8) is 0 Å². The molecule has 2 aliphatic heterocycles. The van der Waals surface area contributed by atoms with Crippen LogP contribution in [0.5, 0.6) is 0 Å². The lowest BCUT2D eigenvalue weighted by Gasteiger charge is -2.21. The van der Waals surface area contributed by atoms with Gasteiger partial charge in [-0.2, -0.15) is 0 Å². The number of benzene rings is 6. The molecule has 2 saturated heterocycles. The van der Waals surface area contributed by atoms with E-state index in [0.717, 1.165) is 33.4 Å². The lowest BCUT2D eigenvalue weighted by Crippen LogP contribution is -2.31. The summed E-state index contributed by atoms with van der Waals surface area (Å²) in [6.07, 6.45) is -0.433. The van der Waals surface area contributed by atoms with Crippen LogP contribution in [-0.2, 0) is 18.6 Å². The van der Waals surface area contributed by atoms with Crippen LogP contribution in [0.1, 0.15) is 58.1 Å². The summed E-state index contributed by atoms with van der Waals surface area (Å²) < 4.78 is 27.5. The molecule has 0 radical (unpaired) electrons. The molecule has 0 unspecified atom stereocenters. The zero-order chi connectivity index (χ0) is 32.1. The molecule has 48 heavy (non-hydrogen) atoms. The van der Waals surface area contributed by atoms with Gasteiger partial charge in [0.05, 0.1) is 24.4 Å². The predicted molar refractivity (Wildman–Crippen MR) is 192 cm³/mol. The third-order valence-corrected chi connectivity index (χ3v) is 9.44. The third kappa shape index (κ3) is 6.53. The lowest BCUT2D eigenvalue weighted by molar-refractivity contribution is 0.159. The van der Waals surface area contributed by atoms with E-state index in [2.05, 4.69) is 146 Å². The van der Waals surface area contributed by atoms with E-state index in [1.165, 1.54) is 5.56 Å². The first-order chi connectivity index (χ1) is 23.8. The average Bonchev–Trinajstić information content (AvgIpc) is 3.81. The van der Waals surface area contributed by atoms with E-state index in [1.54, 1.807) is 0 Å². The number of hydrogen-bond acceptors (Lipinski definition) is 4. The maximum atomic E-state index is 6.95. The standard InChI is InChI=1S/C42H36B2O4/c1-6-16-31(17-7-1)32-26-28-33(29-27-32)38(44-47-41(36-22-12-4-13-23-36)42(48-44)37-24-14-5-15-25-37)30-43-45-39(34-18-8-2-9-19-34)40(46-43)35-20-10-3-11-21-35/h1-29,38-42H,30H2/t38-,39-,40-,41-,42-/m1/s1. The van der Waals surface area contributed by atoms with Gasteiger partial charge in [0.1, 0.15) is 0 Å². The Morgan fingerprint density at radius 1 is 0.375 bits per heavy atom. The van der Waals surface area contributed by atoms with Gasteiger partial charge in [0.15, 0.2) is 0 Å². The van der Waals surface area contributed by atoms with Crippen molar-refractivity contribution in [3.8, 4) is 11.1 Å². The predicted octanol–water partition coefficient (Wildman–Crippen LogP) is 10.0. The first-order valence-corrected chi connectivity index (χ1v) is 16.8. The second-order valence-electron chi connectivity index (χ2n) is 12.5.